The first-order valence-corrected chi connectivity index (χ1v) is 6.77. The second-order valence-electron chi connectivity index (χ2n) is 5.05. The number of hydrogen-bond acceptors (Lipinski definition) is 4. The highest BCUT2D eigenvalue weighted by Gasteiger charge is 2.21. The maximum absolute atomic E-state index is 5.23. The van der Waals surface area contributed by atoms with Crippen molar-refractivity contribution in [3.63, 3.8) is 0 Å². The SMILES string of the molecule is c1ccc(CN2CCC(NCc3cnco3)C2)cc1. The predicted octanol–water partition coefficient (Wildman–Crippen LogP) is 2.04. The van der Waals surface area contributed by atoms with E-state index >= 15 is 0 Å². The zero-order chi connectivity index (χ0) is 12.9. The predicted molar refractivity (Wildman–Crippen MR) is 73.5 cm³/mol. The van der Waals surface area contributed by atoms with Crippen LogP contribution in [0.1, 0.15) is 17.7 Å². The zero-order valence-corrected chi connectivity index (χ0v) is 11.0. The normalized spacial score (nSPS) is 19.9. The monoisotopic (exact) mass is 257 g/mol. The van der Waals surface area contributed by atoms with Crippen LogP contribution in [0.3, 0.4) is 0 Å². The Balaban J connectivity index is 1.45. The van der Waals surface area contributed by atoms with Crippen molar-refractivity contribution in [2.24, 2.45) is 0 Å². The molecule has 0 radical (unpaired) electrons. The van der Waals surface area contributed by atoms with Crippen LogP contribution in [0, 0.1) is 0 Å². The van der Waals surface area contributed by atoms with Crippen molar-refractivity contribution in [3.8, 4) is 0 Å². The lowest BCUT2D eigenvalue weighted by atomic mass is 10.2. The lowest BCUT2D eigenvalue weighted by Crippen LogP contribution is -2.31. The molecule has 4 nitrogen and oxygen atoms in total. The summed E-state index contributed by atoms with van der Waals surface area (Å²) >= 11 is 0. The average Bonchev–Trinajstić information content (AvgIpc) is 3.09. The van der Waals surface area contributed by atoms with Crippen molar-refractivity contribution >= 4 is 0 Å². The zero-order valence-electron chi connectivity index (χ0n) is 11.0. The Morgan fingerprint density at radius 3 is 3.00 bits per heavy atom. The second-order valence-corrected chi connectivity index (χ2v) is 5.05. The topological polar surface area (TPSA) is 41.3 Å². The third-order valence-corrected chi connectivity index (χ3v) is 3.57. The number of hydrogen-bond donors (Lipinski definition) is 1. The molecule has 1 atom stereocenters. The quantitative estimate of drug-likeness (QED) is 0.890. The molecule has 1 saturated heterocycles. The van der Waals surface area contributed by atoms with Crippen LogP contribution in [0.4, 0.5) is 0 Å². The third kappa shape index (κ3) is 3.43. The summed E-state index contributed by atoms with van der Waals surface area (Å²) in [5.74, 6) is 0.904. The minimum Gasteiger partial charge on any atom is -0.447 e. The molecule has 0 spiro atoms. The van der Waals surface area contributed by atoms with Crippen molar-refractivity contribution in [3.05, 3.63) is 54.2 Å². The number of benzene rings is 1. The largest absolute Gasteiger partial charge is 0.447 e. The fourth-order valence-electron chi connectivity index (χ4n) is 2.56. The van der Waals surface area contributed by atoms with Gasteiger partial charge in [0.05, 0.1) is 12.7 Å². The molecule has 0 aliphatic carbocycles. The fraction of sp³-hybridized carbons (Fsp3) is 0.400. The van der Waals surface area contributed by atoms with Crippen LogP contribution in [0.2, 0.25) is 0 Å². The summed E-state index contributed by atoms with van der Waals surface area (Å²) in [6.07, 6.45) is 4.44. The Bertz CT molecular complexity index is 483. The number of rotatable bonds is 5. The molecular weight excluding hydrogens is 238 g/mol. The summed E-state index contributed by atoms with van der Waals surface area (Å²) in [6, 6.07) is 11.2. The summed E-state index contributed by atoms with van der Waals surface area (Å²) in [4.78, 5) is 6.41. The molecule has 0 saturated carbocycles. The van der Waals surface area contributed by atoms with Crippen LogP contribution in [-0.4, -0.2) is 29.0 Å². The smallest absolute Gasteiger partial charge is 0.180 e. The Morgan fingerprint density at radius 1 is 1.32 bits per heavy atom. The number of nitrogens with zero attached hydrogens (tertiary/aromatic N) is 2. The van der Waals surface area contributed by atoms with Crippen molar-refractivity contribution in [1.82, 2.24) is 15.2 Å². The van der Waals surface area contributed by atoms with E-state index in [1.807, 2.05) is 0 Å². The molecule has 0 amide bonds. The molecule has 1 aliphatic rings. The van der Waals surface area contributed by atoms with Gasteiger partial charge in [-0.15, -0.1) is 0 Å². The van der Waals surface area contributed by atoms with Gasteiger partial charge < -0.3 is 9.73 Å². The van der Waals surface area contributed by atoms with E-state index in [1.165, 1.54) is 18.4 Å². The van der Waals surface area contributed by atoms with Crippen LogP contribution in [0.25, 0.3) is 0 Å². The third-order valence-electron chi connectivity index (χ3n) is 3.57. The number of likely N-dealkylation sites (tertiary alicyclic amines) is 1. The van der Waals surface area contributed by atoms with E-state index in [-0.39, 0.29) is 0 Å². The van der Waals surface area contributed by atoms with Crippen LogP contribution < -0.4 is 5.32 Å². The fourth-order valence-corrected chi connectivity index (χ4v) is 2.56. The number of nitrogens with one attached hydrogen (secondary N) is 1. The highest BCUT2D eigenvalue weighted by atomic mass is 16.3. The first-order valence-electron chi connectivity index (χ1n) is 6.77. The first-order chi connectivity index (χ1) is 9.40. The number of oxazole rings is 1. The molecule has 1 aliphatic heterocycles. The molecule has 1 aromatic heterocycles. The summed E-state index contributed by atoms with van der Waals surface area (Å²) in [6.45, 7) is 4.07. The maximum atomic E-state index is 5.23. The van der Waals surface area contributed by atoms with E-state index in [9.17, 15) is 0 Å². The van der Waals surface area contributed by atoms with Gasteiger partial charge in [-0.05, 0) is 12.0 Å². The molecule has 3 rings (SSSR count). The summed E-state index contributed by atoms with van der Waals surface area (Å²) in [7, 11) is 0. The molecule has 19 heavy (non-hydrogen) atoms. The molecule has 1 fully saturated rings. The van der Waals surface area contributed by atoms with E-state index in [0.717, 1.165) is 31.9 Å². The molecule has 1 unspecified atom stereocenters. The molecule has 100 valence electrons. The van der Waals surface area contributed by atoms with Gasteiger partial charge in [0, 0.05) is 25.7 Å². The van der Waals surface area contributed by atoms with E-state index < -0.39 is 0 Å². The average molecular weight is 257 g/mol. The van der Waals surface area contributed by atoms with Crippen molar-refractivity contribution < 1.29 is 4.42 Å². The van der Waals surface area contributed by atoms with E-state index in [4.69, 9.17) is 4.42 Å². The molecule has 2 aromatic rings. The van der Waals surface area contributed by atoms with Gasteiger partial charge in [-0.3, -0.25) is 4.90 Å². The van der Waals surface area contributed by atoms with Gasteiger partial charge in [-0.1, -0.05) is 30.3 Å². The van der Waals surface area contributed by atoms with Crippen LogP contribution in [0.15, 0.2) is 47.3 Å². The summed E-state index contributed by atoms with van der Waals surface area (Å²) in [5, 5.41) is 3.52. The van der Waals surface area contributed by atoms with Crippen LogP contribution >= 0.6 is 0 Å². The van der Waals surface area contributed by atoms with E-state index in [2.05, 4.69) is 45.5 Å². The van der Waals surface area contributed by atoms with Crippen molar-refractivity contribution in [2.45, 2.75) is 25.6 Å². The summed E-state index contributed by atoms with van der Waals surface area (Å²) in [5.41, 5.74) is 1.39. The Kier molecular flexibility index (Phi) is 3.91. The molecule has 4 heteroatoms. The highest BCUT2D eigenvalue weighted by molar-refractivity contribution is 5.14. The lowest BCUT2D eigenvalue weighted by Gasteiger charge is -2.16. The standard InChI is InChI=1S/C15H19N3O/c1-2-4-13(5-3-1)10-18-7-6-14(11-18)17-9-15-8-16-12-19-15/h1-5,8,12,14,17H,6-7,9-11H2. The molecular formula is C15H19N3O. The van der Waals surface area contributed by atoms with Gasteiger partial charge in [-0.25, -0.2) is 4.98 Å². The van der Waals surface area contributed by atoms with Crippen molar-refractivity contribution in [2.75, 3.05) is 13.1 Å². The van der Waals surface area contributed by atoms with Crippen LogP contribution in [0.5, 0.6) is 0 Å². The molecule has 1 N–H and O–H groups in total. The van der Waals surface area contributed by atoms with Crippen molar-refractivity contribution in [1.29, 1.82) is 0 Å². The Labute approximate surface area is 113 Å². The van der Waals surface area contributed by atoms with Gasteiger partial charge in [0.1, 0.15) is 5.76 Å². The minimum atomic E-state index is 0.550. The van der Waals surface area contributed by atoms with Crippen LogP contribution in [-0.2, 0) is 13.1 Å². The first kappa shape index (κ1) is 12.4. The van der Waals surface area contributed by atoms with Gasteiger partial charge in [0.25, 0.3) is 0 Å². The van der Waals surface area contributed by atoms with Gasteiger partial charge in [0.2, 0.25) is 0 Å². The Morgan fingerprint density at radius 2 is 2.21 bits per heavy atom. The van der Waals surface area contributed by atoms with Gasteiger partial charge in [0.15, 0.2) is 6.39 Å². The van der Waals surface area contributed by atoms with Gasteiger partial charge in [-0.2, -0.15) is 0 Å². The second kappa shape index (κ2) is 5.99. The van der Waals surface area contributed by atoms with Gasteiger partial charge >= 0.3 is 0 Å². The molecule has 2 heterocycles. The highest BCUT2D eigenvalue weighted by Crippen LogP contribution is 2.13. The molecule has 1 aromatic carbocycles. The summed E-state index contributed by atoms with van der Waals surface area (Å²) < 4.78 is 5.23. The lowest BCUT2D eigenvalue weighted by molar-refractivity contribution is 0.318. The molecule has 0 bridgehead atoms. The van der Waals surface area contributed by atoms with E-state index in [0.29, 0.717) is 6.04 Å². The number of aromatic nitrogens is 1. The van der Waals surface area contributed by atoms with E-state index in [1.54, 1.807) is 6.20 Å². The Hall–Kier alpha value is -1.65. The maximum Gasteiger partial charge on any atom is 0.180 e. The minimum absolute atomic E-state index is 0.550.